The van der Waals surface area contributed by atoms with Crippen LogP contribution in [0, 0.1) is 0 Å². The van der Waals surface area contributed by atoms with Crippen LogP contribution < -0.4 is 10.1 Å². The van der Waals surface area contributed by atoms with E-state index in [-0.39, 0.29) is 12.0 Å². The van der Waals surface area contributed by atoms with Gasteiger partial charge < -0.3 is 14.8 Å². The number of amides is 1. The number of pyridine rings is 1. The third-order valence-electron chi connectivity index (χ3n) is 5.32. The zero-order valence-electron chi connectivity index (χ0n) is 17.3. The molecule has 1 aromatic carbocycles. The van der Waals surface area contributed by atoms with E-state index in [9.17, 15) is 4.79 Å². The van der Waals surface area contributed by atoms with Gasteiger partial charge in [-0.05, 0) is 50.1 Å². The Morgan fingerprint density at radius 1 is 1.24 bits per heavy atom. The summed E-state index contributed by atoms with van der Waals surface area (Å²) in [6.07, 6.45) is 4.97. The normalized spacial score (nSPS) is 16.3. The number of ether oxygens (including phenoxy) is 2. The van der Waals surface area contributed by atoms with Crippen LogP contribution in [-0.4, -0.2) is 61.3 Å². The minimum Gasteiger partial charge on any atom is -0.490 e. The Morgan fingerprint density at radius 3 is 2.79 bits per heavy atom. The molecule has 0 saturated carbocycles. The predicted molar refractivity (Wildman–Crippen MR) is 113 cm³/mol. The summed E-state index contributed by atoms with van der Waals surface area (Å²) in [5.74, 6) is 0.648. The molecule has 1 fully saturated rings. The number of carbonyl (C=O) groups is 1. The van der Waals surface area contributed by atoms with Gasteiger partial charge in [-0.1, -0.05) is 12.1 Å². The number of hydrogen-bond donors (Lipinski definition) is 1. The van der Waals surface area contributed by atoms with Crippen molar-refractivity contribution in [1.29, 1.82) is 0 Å². The zero-order chi connectivity index (χ0) is 20.5. The van der Waals surface area contributed by atoms with Crippen LogP contribution >= 0.6 is 0 Å². The van der Waals surface area contributed by atoms with Crippen molar-refractivity contribution in [1.82, 2.24) is 15.2 Å². The summed E-state index contributed by atoms with van der Waals surface area (Å²) in [5.41, 5.74) is 1.75. The molecule has 29 heavy (non-hydrogen) atoms. The lowest BCUT2D eigenvalue weighted by Gasteiger charge is -2.36. The van der Waals surface area contributed by atoms with E-state index in [1.165, 1.54) is 0 Å². The van der Waals surface area contributed by atoms with Gasteiger partial charge in [0.25, 0.3) is 5.91 Å². The van der Waals surface area contributed by atoms with Gasteiger partial charge in [0.15, 0.2) is 0 Å². The Labute approximate surface area is 173 Å². The number of rotatable bonds is 9. The maximum Gasteiger partial charge on any atom is 0.251 e. The first-order valence-corrected chi connectivity index (χ1v) is 10.3. The van der Waals surface area contributed by atoms with Gasteiger partial charge >= 0.3 is 0 Å². The molecule has 2 aromatic rings. The minimum atomic E-state index is -0.106. The van der Waals surface area contributed by atoms with Gasteiger partial charge in [0.1, 0.15) is 11.9 Å². The average Bonchev–Trinajstić information content (AvgIpc) is 2.75. The van der Waals surface area contributed by atoms with Crippen LogP contribution in [0.25, 0.3) is 0 Å². The maximum atomic E-state index is 12.2. The molecule has 1 unspecified atom stereocenters. The molecule has 1 N–H and O–H groups in total. The first-order valence-electron chi connectivity index (χ1n) is 10.3. The molecule has 0 aliphatic carbocycles. The Kier molecular flexibility index (Phi) is 8.02. The van der Waals surface area contributed by atoms with E-state index in [0.717, 1.165) is 43.8 Å². The number of nitrogens with one attached hydrogen (secondary N) is 1. The molecule has 0 spiro atoms. The van der Waals surface area contributed by atoms with Crippen LogP contribution in [0.3, 0.4) is 0 Å². The Balaban J connectivity index is 1.47. The zero-order valence-corrected chi connectivity index (χ0v) is 17.3. The highest BCUT2D eigenvalue weighted by atomic mass is 16.5. The highest BCUT2D eigenvalue weighted by Crippen LogP contribution is 2.22. The largest absolute Gasteiger partial charge is 0.490 e. The van der Waals surface area contributed by atoms with Crippen molar-refractivity contribution in [3.63, 3.8) is 0 Å². The van der Waals surface area contributed by atoms with Crippen LogP contribution in [0.5, 0.6) is 5.75 Å². The monoisotopic (exact) mass is 397 g/mol. The number of benzene rings is 1. The third kappa shape index (κ3) is 6.54. The summed E-state index contributed by atoms with van der Waals surface area (Å²) in [5, 5.41) is 2.84. The minimum absolute atomic E-state index is 0.106. The van der Waals surface area contributed by atoms with Gasteiger partial charge in [-0.15, -0.1) is 0 Å². The molecular formula is C23H31N3O3. The van der Waals surface area contributed by atoms with Crippen molar-refractivity contribution in [2.24, 2.45) is 0 Å². The second-order valence-electron chi connectivity index (χ2n) is 7.50. The molecule has 1 saturated heterocycles. The molecule has 3 rings (SSSR count). The molecule has 1 aliphatic rings. The van der Waals surface area contributed by atoms with Gasteiger partial charge in [-0.3, -0.25) is 14.7 Å². The van der Waals surface area contributed by atoms with Gasteiger partial charge in [-0.25, -0.2) is 0 Å². The number of hydrogen-bond acceptors (Lipinski definition) is 5. The molecule has 1 aromatic heterocycles. The maximum absolute atomic E-state index is 12.2. The van der Waals surface area contributed by atoms with E-state index in [4.69, 9.17) is 9.47 Å². The van der Waals surface area contributed by atoms with Crippen LogP contribution in [-0.2, 0) is 11.2 Å². The molecule has 1 aliphatic heterocycles. The molecule has 1 amide bonds. The lowest BCUT2D eigenvalue weighted by atomic mass is 10.0. The molecule has 156 valence electrons. The van der Waals surface area contributed by atoms with Crippen LogP contribution in [0.1, 0.15) is 35.8 Å². The topological polar surface area (TPSA) is 63.7 Å². The van der Waals surface area contributed by atoms with E-state index in [2.05, 4.69) is 28.2 Å². The molecule has 0 radical (unpaired) electrons. The fraction of sp³-hybridized carbons (Fsp3) is 0.478. The molecule has 1 atom stereocenters. The molecule has 2 heterocycles. The number of nitrogens with zero attached hydrogens (tertiary/aromatic N) is 2. The summed E-state index contributed by atoms with van der Waals surface area (Å²) in [6.45, 7) is 5.28. The smallest absolute Gasteiger partial charge is 0.251 e. The summed E-state index contributed by atoms with van der Waals surface area (Å²) < 4.78 is 11.1. The van der Waals surface area contributed by atoms with Crippen molar-refractivity contribution in [3.8, 4) is 5.75 Å². The Morgan fingerprint density at radius 2 is 2.07 bits per heavy atom. The van der Waals surface area contributed by atoms with Crippen molar-refractivity contribution in [2.45, 2.75) is 38.3 Å². The van der Waals surface area contributed by atoms with Crippen molar-refractivity contribution in [3.05, 3.63) is 59.9 Å². The van der Waals surface area contributed by atoms with E-state index < -0.39 is 0 Å². The number of methoxy groups -OCH3 is 1. The lowest BCUT2D eigenvalue weighted by molar-refractivity contribution is 0.0793. The Bertz CT molecular complexity index is 761. The molecule has 6 nitrogen and oxygen atoms in total. The van der Waals surface area contributed by atoms with Gasteiger partial charge in [-0.2, -0.15) is 0 Å². The summed E-state index contributed by atoms with van der Waals surface area (Å²) in [7, 11) is 1.62. The number of aromatic nitrogens is 1. The first-order chi connectivity index (χ1) is 14.2. The number of carbonyl (C=O) groups excluding carboxylic acids is 1. The highest BCUT2D eigenvalue weighted by molar-refractivity contribution is 5.94. The van der Waals surface area contributed by atoms with Crippen LogP contribution in [0.2, 0.25) is 0 Å². The van der Waals surface area contributed by atoms with Crippen molar-refractivity contribution in [2.75, 3.05) is 33.4 Å². The Hall–Kier alpha value is -2.44. The van der Waals surface area contributed by atoms with E-state index >= 15 is 0 Å². The number of piperidine rings is 1. The SMILES string of the molecule is COCCNC(=O)c1cccc(OC2CCN(C(C)Cc3ccccn3)CC2)c1. The first kappa shape index (κ1) is 21.3. The standard InChI is InChI=1S/C23H31N3O3/c1-18(16-20-7-3-4-11-24-20)26-13-9-21(10-14-26)29-22-8-5-6-19(17-22)23(27)25-12-15-28-2/h3-8,11,17-18,21H,9-10,12-16H2,1-2H3,(H,25,27). The highest BCUT2D eigenvalue weighted by Gasteiger charge is 2.24. The number of likely N-dealkylation sites (tertiary alicyclic amines) is 1. The van der Waals surface area contributed by atoms with Crippen LogP contribution in [0.15, 0.2) is 48.7 Å². The lowest BCUT2D eigenvalue weighted by Crippen LogP contribution is -2.43. The van der Waals surface area contributed by atoms with Crippen molar-refractivity contribution < 1.29 is 14.3 Å². The fourth-order valence-electron chi connectivity index (χ4n) is 3.66. The van der Waals surface area contributed by atoms with Gasteiger partial charge in [0, 0.05) is 56.7 Å². The fourth-order valence-corrected chi connectivity index (χ4v) is 3.66. The van der Waals surface area contributed by atoms with E-state index in [1.807, 2.05) is 36.5 Å². The van der Waals surface area contributed by atoms with Gasteiger partial charge in [0.2, 0.25) is 0 Å². The predicted octanol–water partition coefficient (Wildman–Crippen LogP) is 2.93. The van der Waals surface area contributed by atoms with Gasteiger partial charge in [0.05, 0.1) is 6.61 Å². The molecule has 6 heteroatoms. The molecule has 0 bridgehead atoms. The van der Waals surface area contributed by atoms with Crippen LogP contribution in [0.4, 0.5) is 0 Å². The van der Waals surface area contributed by atoms with E-state index in [1.54, 1.807) is 13.2 Å². The summed E-state index contributed by atoms with van der Waals surface area (Å²) in [4.78, 5) is 19.1. The van der Waals surface area contributed by atoms with E-state index in [0.29, 0.717) is 24.8 Å². The quantitative estimate of drug-likeness (QED) is 0.659. The summed E-state index contributed by atoms with van der Waals surface area (Å²) in [6, 6.07) is 14.0. The van der Waals surface area contributed by atoms with Crippen molar-refractivity contribution >= 4 is 5.91 Å². The third-order valence-corrected chi connectivity index (χ3v) is 5.32. The average molecular weight is 398 g/mol. The summed E-state index contributed by atoms with van der Waals surface area (Å²) >= 11 is 0. The second-order valence-corrected chi connectivity index (χ2v) is 7.50. The second kappa shape index (κ2) is 10.9. The molecular weight excluding hydrogens is 366 g/mol.